The molecule has 0 spiro atoms. The molecule has 0 amide bonds. The van der Waals surface area contributed by atoms with Crippen molar-refractivity contribution in [1.29, 1.82) is 0 Å². The van der Waals surface area contributed by atoms with Gasteiger partial charge in [-0.25, -0.2) is 8.42 Å². The van der Waals surface area contributed by atoms with Crippen molar-refractivity contribution in [3.63, 3.8) is 0 Å². The first-order chi connectivity index (χ1) is 13.0. The highest BCUT2D eigenvalue weighted by atomic mass is 32.2. The largest absolute Gasteiger partial charge is 0.747 e. The highest BCUT2D eigenvalue weighted by molar-refractivity contribution is 7.87. The van der Waals surface area contributed by atoms with Gasteiger partial charge in [0.1, 0.15) is 10.1 Å². The molecule has 0 aliphatic carbocycles. The van der Waals surface area contributed by atoms with Crippen molar-refractivity contribution in [2.24, 2.45) is 11.8 Å². The van der Waals surface area contributed by atoms with Crippen LogP contribution in [-0.2, 0) is 29.2 Å². The molecule has 0 fully saturated rings. The molecule has 0 aromatic heterocycles. The molecule has 28 heavy (non-hydrogen) atoms. The molecule has 8 heteroatoms. The minimum Gasteiger partial charge on any atom is -0.747 e. The Morgan fingerprint density at radius 3 is 1.68 bits per heavy atom. The molecule has 0 rings (SSSR count). The third-order valence-corrected chi connectivity index (χ3v) is 5.38. The van der Waals surface area contributed by atoms with E-state index in [1.807, 2.05) is 0 Å². The molecule has 0 heterocycles. The molecule has 1 atom stereocenters. The molecule has 0 saturated carbocycles. The second-order valence-corrected chi connectivity index (χ2v) is 9.61. The summed E-state index contributed by atoms with van der Waals surface area (Å²) in [6, 6.07) is 0. The maximum Gasteiger partial charge on any atom is 0.323 e. The summed E-state index contributed by atoms with van der Waals surface area (Å²) in [7, 11) is -4.99. The number of hydrogen-bond acceptors (Lipinski definition) is 7. The monoisotopic (exact) mass is 421 g/mol. The van der Waals surface area contributed by atoms with Crippen LogP contribution in [0.25, 0.3) is 0 Å². The van der Waals surface area contributed by atoms with Crippen molar-refractivity contribution in [3.05, 3.63) is 0 Å². The normalized spacial score (nSPS) is 13.0. The van der Waals surface area contributed by atoms with Crippen LogP contribution in [0.5, 0.6) is 0 Å². The van der Waals surface area contributed by atoms with Crippen molar-refractivity contribution in [3.8, 4) is 0 Å². The quantitative estimate of drug-likeness (QED) is 0.212. The number of esters is 2. The first-order valence-corrected chi connectivity index (χ1v) is 11.8. The van der Waals surface area contributed by atoms with Crippen LogP contribution in [0.2, 0.25) is 0 Å². The van der Waals surface area contributed by atoms with Crippen molar-refractivity contribution >= 4 is 22.1 Å². The average molecular weight is 422 g/mol. The lowest BCUT2D eigenvalue weighted by molar-refractivity contribution is -0.150. The minimum atomic E-state index is -4.99. The van der Waals surface area contributed by atoms with Gasteiger partial charge in [-0.15, -0.1) is 0 Å². The van der Waals surface area contributed by atoms with E-state index in [1.54, 1.807) is 0 Å². The van der Waals surface area contributed by atoms with Gasteiger partial charge in [0.15, 0.2) is 5.25 Å². The first-order valence-electron chi connectivity index (χ1n) is 10.3. The molecule has 0 aromatic rings. The van der Waals surface area contributed by atoms with Crippen LogP contribution < -0.4 is 0 Å². The van der Waals surface area contributed by atoms with E-state index in [-0.39, 0.29) is 13.2 Å². The van der Waals surface area contributed by atoms with Crippen LogP contribution in [0.1, 0.15) is 85.5 Å². The van der Waals surface area contributed by atoms with Crippen LogP contribution in [0.4, 0.5) is 0 Å². The Bertz CT molecular complexity index is 541. The van der Waals surface area contributed by atoms with Crippen molar-refractivity contribution in [2.75, 3.05) is 13.2 Å². The second kappa shape index (κ2) is 14.8. The van der Waals surface area contributed by atoms with Gasteiger partial charge in [-0.1, -0.05) is 66.2 Å². The highest BCUT2D eigenvalue weighted by Gasteiger charge is 2.30. The lowest BCUT2D eigenvalue weighted by Crippen LogP contribution is -2.34. The fourth-order valence-corrected chi connectivity index (χ4v) is 3.27. The molecular formula is C20H37O7S-. The van der Waals surface area contributed by atoms with Gasteiger partial charge >= 0.3 is 11.9 Å². The van der Waals surface area contributed by atoms with Gasteiger partial charge in [-0.2, -0.15) is 0 Å². The molecule has 0 saturated heterocycles. The van der Waals surface area contributed by atoms with E-state index in [1.165, 1.54) is 0 Å². The third kappa shape index (κ3) is 14.9. The van der Waals surface area contributed by atoms with Gasteiger partial charge in [0.05, 0.1) is 19.6 Å². The van der Waals surface area contributed by atoms with Crippen LogP contribution in [0.3, 0.4) is 0 Å². The standard InChI is InChI=1S/C20H38O7S/c1-16(2)11-7-5-9-13-26-19(21)15-18(28(23,24)25)20(22)27-14-10-6-8-12-17(3)4/h16-18H,5-15H2,1-4H3,(H,23,24,25)/p-1. The molecule has 1 unspecified atom stereocenters. The number of carbonyl (C=O) groups excluding carboxylic acids is 2. The average Bonchev–Trinajstić information content (AvgIpc) is 2.57. The van der Waals surface area contributed by atoms with E-state index in [2.05, 4.69) is 27.7 Å². The molecule has 0 radical (unpaired) electrons. The van der Waals surface area contributed by atoms with Crippen molar-refractivity contribution in [2.45, 2.75) is 90.7 Å². The van der Waals surface area contributed by atoms with Crippen LogP contribution in [-0.4, -0.2) is 43.4 Å². The topological polar surface area (TPSA) is 110 Å². The van der Waals surface area contributed by atoms with Crippen LogP contribution >= 0.6 is 0 Å². The number of ether oxygens (including phenoxy) is 2. The zero-order valence-electron chi connectivity index (χ0n) is 17.8. The molecular weight excluding hydrogens is 384 g/mol. The van der Waals surface area contributed by atoms with Gasteiger partial charge in [0, 0.05) is 0 Å². The zero-order valence-corrected chi connectivity index (χ0v) is 18.6. The second-order valence-electron chi connectivity index (χ2n) is 8.06. The summed E-state index contributed by atoms with van der Waals surface area (Å²) < 4.78 is 43.8. The SMILES string of the molecule is CC(C)CCCCCOC(=O)CC(C(=O)OCCCCCC(C)C)S(=O)(=O)[O-]. The highest BCUT2D eigenvalue weighted by Crippen LogP contribution is 2.12. The van der Waals surface area contributed by atoms with Gasteiger partial charge < -0.3 is 14.0 Å². The maximum absolute atomic E-state index is 11.9. The number of rotatable bonds is 16. The third-order valence-electron chi connectivity index (χ3n) is 4.32. The Morgan fingerprint density at radius 2 is 1.25 bits per heavy atom. The lowest BCUT2D eigenvalue weighted by atomic mass is 10.1. The van der Waals surface area contributed by atoms with Crippen molar-refractivity contribution < 1.29 is 32.0 Å². The van der Waals surface area contributed by atoms with Gasteiger partial charge in [-0.05, 0) is 24.7 Å². The summed E-state index contributed by atoms with van der Waals surface area (Å²) in [4.78, 5) is 23.7. The Hall–Kier alpha value is -1.15. The molecule has 0 aliphatic rings. The fourth-order valence-electron chi connectivity index (χ4n) is 2.63. The molecule has 0 bridgehead atoms. The number of carbonyl (C=O) groups is 2. The summed E-state index contributed by atoms with van der Waals surface area (Å²) in [5.41, 5.74) is 0. The number of hydrogen-bond donors (Lipinski definition) is 0. The van der Waals surface area contributed by atoms with Gasteiger partial charge in [0.25, 0.3) is 0 Å². The smallest absolute Gasteiger partial charge is 0.323 e. The van der Waals surface area contributed by atoms with E-state index in [4.69, 9.17) is 9.47 Å². The van der Waals surface area contributed by atoms with Crippen LogP contribution in [0, 0.1) is 11.8 Å². The molecule has 0 aliphatic heterocycles. The predicted octanol–water partition coefficient (Wildman–Crippen LogP) is 3.81. The van der Waals surface area contributed by atoms with E-state index in [9.17, 15) is 22.6 Å². The summed E-state index contributed by atoms with van der Waals surface area (Å²) in [6.45, 7) is 8.69. The molecule has 0 N–H and O–H groups in total. The summed E-state index contributed by atoms with van der Waals surface area (Å²) >= 11 is 0. The maximum atomic E-state index is 11.9. The van der Waals surface area contributed by atoms with Gasteiger partial charge in [-0.3, -0.25) is 9.59 Å². The lowest BCUT2D eigenvalue weighted by Gasteiger charge is -2.18. The molecule has 166 valence electrons. The zero-order chi connectivity index (χ0) is 21.6. The first kappa shape index (κ1) is 26.9. The molecule has 0 aromatic carbocycles. The van der Waals surface area contributed by atoms with E-state index < -0.39 is 33.7 Å². The number of unbranched alkanes of at least 4 members (excludes halogenated alkanes) is 4. The Balaban J connectivity index is 4.22. The Labute approximate surface area is 170 Å². The van der Waals surface area contributed by atoms with Crippen LogP contribution in [0.15, 0.2) is 0 Å². The fraction of sp³-hybridized carbons (Fsp3) is 0.900. The van der Waals surface area contributed by atoms with E-state index in [0.717, 1.165) is 38.5 Å². The van der Waals surface area contributed by atoms with E-state index in [0.29, 0.717) is 24.7 Å². The summed E-state index contributed by atoms with van der Waals surface area (Å²) in [6.07, 6.45) is 6.36. The minimum absolute atomic E-state index is 0.0356. The van der Waals surface area contributed by atoms with Gasteiger partial charge in [0.2, 0.25) is 0 Å². The Morgan fingerprint density at radius 1 is 0.786 bits per heavy atom. The summed E-state index contributed by atoms with van der Waals surface area (Å²) in [5, 5.41) is -2.04. The van der Waals surface area contributed by atoms with Crippen molar-refractivity contribution in [1.82, 2.24) is 0 Å². The Kier molecular flexibility index (Phi) is 14.2. The molecule has 7 nitrogen and oxygen atoms in total. The summed E-state index contributed by atoms with van der Waals surface area (Å²) in [5.74, 6) is -0.833. The van der Waals surface area contributed by atoms with E-state index >= 15 is 0 Å². The predicted molar refractivity (Wildman–Crippen MR) is 107 cm³/mol.